The summed E-state index contributed by atoms with van der Waals surface area (Å²) in [4.78, 5) is 14.5. The molecule has 2 aliphatic rings. The van der Waals surface area contributed by atoms with Gasteiger partial charge in [0.05, 0.1) is 18.7 Å². The third kappa shape index (κ3) is 2.29. The number of carbonyl (C=O) groups is 1. The summed E-state index contributed by atoms with van der Waals surface area (Å²) >= 11 is 0. The second-order valence-electron chi connectivity index (χ2n) is 5.48. The van der Waals surface area contributed by atoms with Crippen LogP contribution < -0.4 is 5.73 Å². The molecule has 2 atom stereocenters. The number of furan rings is 1. The lowest BCUT2D eigenvalue weighted by atomic mass is 10.0. The van der Waals surface area contributed by atoms with Gasteiger partial charge in [-0.25, -0.2) is 0 Å². The standard InChI is InChI=1S/C14H20N2O2/c15-13-5-1-4-12(13)14(17)16(10-6-7-10)9-11-3-2-8-18-11/h2-3,8,10,12-13H,1,4-7,9,15H2. The van der Waals surface area contributed by atoms with E-state index in [2.05, 4.69) is 0 Å². The van der Waals surface area contributed by atoms with Crippen LogP contribution in [0, 0.1) is 5.92 Å². The molecule has 2 N–H and O–H groups in total. The molecule has 4 heteroatoms. The van der Waals surface area contributed by atoms with Crippen LogP contribution in [0.4, 0.5) is 0 Å². The number of hydrogen-bond acceptors (Lipinski definition) is 3. The molecule has 98 valence electrons. The third-order valence-corrected chi connectivity index (χ3v) is 4.06. The molecule has 18 heavy (non-hydrogen) atoms. The van der Waals surface area contributed by atoms with E-state index in [1.54, 1.807) is 6.26 Å². The van der Waals surface area contributed by atoms with Crippen LogP contribution in [-0.4, -0.2) is 22.9 Å². The lowest BCUT2D eigenvalue weighted by Crippen LogP contribution is -2.42. The molecular formula is C14H20N2O2. The molecule has 0 spiro atoms. The van der Waals surface area contributed by atoms with Crippen LogP contribution in [-0.2, 0) is 11.3 Å². The summed E-state index contributed by atoms with van der Waals surface area (Å²) in [6.07, 6.45) is 6.91. The monoisotopic (exact) mass is 248 g/mol. The van der Waals surface area contributed by atoms with Crippen LogP contribution in [0.5, 0.6) is 0 Å². The fraction of sp³-hybridized carbons (Fsp3) is 0.643. The van der Waals surface area contributed by atoms with Crippen molar-refractivity contribution >= 4 is 5.91 Å². The normalized spacial score (nSPS) is 27.4. The van der Waals surface area contributed by atoms with Gasteiger partial charge in [-0.1, -0.05) is 6.42 Å². The van der Waals surface area contributed by atoms with Crippen molar-refractivity contribution in [2.45, 2.75) is 50.7 Å². The Balaban J connectivity index is 1.71. The number of hydrogen-bond donors (Lipinski definition) is 1. The first-order valence-electron chi connectivity index (χ1n) is 6.84. The Morgan fingerprint density at radius 3 is 2.78 bits per heavy atom. The molecule has 1 amide bonds. The van der Waals surface area contributed by atoms with Gasteiger partial charge in [0, 0.05) is 12.1 Å². The number of rotatable bonds is 4. The molecule has 3 rings (SSSR count). The fourth-order valence-electron chi connectivity index (χ4n) is 2.85. The first kappa shape index (κ1) is 11.8. The van der Waals surface area contributed by atoms with Crippen LogP contribution in [0.15, 0.2) is 22.8 Å². The van der Waals surface area contributed by atoms with E-state index in [1.807, 2.05) is 17.0 Å². The van der Waals surface area contributed by atoms with Crippen molar-refractivity contribution in [2.24, 2.45) is 11.7 Å². The Morgan fingerprint density at radius 2 is 2.22 bits per heavy atom. The predicted octanol–water partition coefficient (Wildman–Crippen LogP) is 1.90. The average molecular weight is 248 g/mol. The van der Waals surface area contributed by atoms with Crippen LogP contribution in [0.3, 0.4) is 0 Å². The lowest BCUT2D eigenvalue weighted by Gasteiger charge is -2.26. The molecule has 0 aliphatic heterocycles. The van der Waals surface area contributed by atoms with Gasteiger partial charge in [-0.15, -0.1) is 0 Å². The van der Waals surface area contributed by atoms with E-state index >= 15 is 0 Å². The zero-order valence-electron chi connectivity index (χ0n) is 10.5. The molecule has 2 aliphatic carbocycles. The summed E-state index contributed by atoms with van der Waals surface area (Å²) in [7, 11) is 0. The van der Waals surface area contributed by atoms with E-state index in [0.29, 0.717) is 12.6 Å². The van der Waals surface area contributed by atoms with E-state index in [0.717, 1.165) is 37.9 Å². The van der Waals surface area contributed by atoms with Crippen molar-refractivity contribution in [2.75, 3.05) is 0 Å². The van der Waals surface area contributed by atoms with Crippen LogP contribution in [0.2, 0.25) is 0 Å². The highest BCUT2D eigenvalue weighted by Crippen LogP contribution is 2.33. The Morgan fingerprint density at radius 1 is 1.39 bits per heavy atom. The van der Waals surface area contributed by atoms with Gasteiger partial charge in [-0.2, -0.15) is 0 Å². The van der Waals surface area contributed by atoms with Crippen molar-refractivity contribution in [3.63, 3.8) is 0 Å². The maximum atomic E-state index is 12.6. The van der Waals surface area contributed by atoms with Crippen molar-refractivity contribution in [3.05, 3.63) is 24.2 Å². The molecular weight excluding hydrogens is 228 g/mol. The molecule has 1 aromatic heterocycles. The van der Waals surface area contributed by atoms with E-state index in [1.165, 1.54) is 0 Å². The number of nitrogens with two attached hydrogens (primary N) is 1. The molecule has 2 saturated carbocycles. The molecule has 2 unspecified atom stereocenters. The average Bonchev–Trinajstić information content (AvgIpc) is 2.89. The molecule has 1 heterocycles. The zero-order chi connectivity index (χ0) is 12.5. The smallest absolute Gasteiger partial charge is 0.227 e. The minimum Gasteiger partial charge on any atom is -0.467 e. The van der Waals surface area contributed by atoms with Gasteiger partial charge in [0.15, 0.2) is 0 Å². The Labute approximate surface area is 107 Å². The van der Waals surface area contributed by atoms with Crippen LogP contribution in [0.25, 0.3) is 0 Å². The highest BCUT2D eigenvalue weighted by molar-refractivity contribution is 5.80. The van der Waals surface area contributed by atoms with Crippen molar-refractivity contribution in [1.82, 2.24) is 4.90 Å². The Bertz CT molecular complexity index is 411. The van der Waals surface area contributed by atoms with Crippen molar-refractivity contribution < 1.29 is 9.21 Å². The number of nitrogens with zero attached hydrogens (tertiary/aromatic N) is 1. The summed E-state index contributed by atoms with van der Waals surface area (Å²) in [6, 6.07) is 4.26. The largest absolute Gasteiger partial charge is 0.467 e. The van der Waals surface area contributed by atoms with Gasteiger partial charge in [-0.05, 0) is 37.8 Å². The second kappa shape index (κ2) is 4.76. The number of carbonyl (C=O) groups excluding carboxylic acids is 1. The Kier molecular flexibility index (Phi) is 3.12. The van der Waals surface area contributed by atoms with Crippen molar-refractivity contribution in [3.8, 4) is 0 Å². The van der Waals surface area contributed by atoms with Gasteiger partial charge in [0.1, 0.15) is 5.76 Å². The summed E-state index contributed by atoms with van der Waals surface area (Å²) in [6.45, 7) is 0.597. The second-order valence-corrected chi connectivity index (χ2v) is 5.48. The van der Waals surface area contributed by atoms with Gasteiger partial charge in [0.25, 0.3) is 0 Å². The first-order valence-corrected chi connectivity index (χ1v) is 6.84. The van der Waals surface area contributed by atoms with Gasteiger partial charge in [0.2, 0.25) is 5.91 Å². The topological polar surface area (TPSA) is 59.5 Å². The summed E-state index contributed by atoms with van der Waals surface area (Å²) < 4.78 is 5.36. The molecule has 4 nitrogen and oxygen atoms in total. The molecule has 2 fully saturated rings. The van der Waals surface area contributed by atoms with E-state index in [9.17, 15) is 4.79 Å². The quantitative estimate of drug-likeness (QED) is 0.885. The van der Waals surface area contributed by atoms with Gasteiger partial charge >= 0.3 is 0 Å². The SMILES string of the molecule is NC1CCCC1C(=O)N(Cc1ccco1)C1CC1. The van der Waals surface area contributed by atoms with E-state index in [-0.39, 0.29) is 17.9 Å². The van der Waals surface area contributed by atoms with Crippen LogP contribution >= 0.6 is 0 Å². The van der Waals surface area contributed by atoms with E-state index < -0.39 is 0 Å². The minimum absolute atomic E-state index is 0.0283. The maximum absolute atomic E-state index is 12.6. The predicted molar refractivity (Wildman–Crippen MR) is 67.6 cm³/mol. The third-order valence-electron chi connectivity index (χ3n) is 4.06. The molecule has 0 aromatic carbocycles. The van der Waals surface area contributed by atoms with Crippen LogP contribution in [0.1, 0.15) is 37.9 Å². The van der Waals surface area contributed by atoms with Gasteiger partial charge < -0.3 is 15.1 Å². The fourth-order valence-corrected chi connectivity index (χ4v) is 2.85. The zero-order valence-corrected chi connectivity index (χ0v) is 10.5. The molecule has 0 bridgehead atoms. The number of amides is 1. The molecule has 0 saturated heterocycles. The summed E-state index contributed by atoms with van der Waals surface area (Å²) in [5.74, 6) is 1.13. The maximum Gasteiger partial charge on any atom is 0.227 e. The van der Waals surface area contributed by atoms with E-state index in [4.69, 9.17) is 10.2 Å². The summed E-state index contributed by atoms with van der Waals surface area (Å²) in [5.41, 5.74) is 6.04. The van der Waals surface area contributed by atoms with Crippen molar-refractivity contribution in [1.29, 1.82) is 0 Å². The molecule has 1 aromatic rings. The minimum atomic E-state index is 0.0283. The molecule has 0 radical (unpaired) electrons. The highest BCUT2D eigenvalue weighted by Gasteiger charge is 2.39. The Hall–Kier alpha value is -1.29. The first-order chi connectivity index (χ1) is 8.75. The lowest BCUT2D eigenvalue weighted by molar-refractivity contribution is -0.137. The summed E-state index contributed by atoms with van der Waals surface area (Å²) in [5, 5.41) is 0. The highest BCUT2D eigenvalue weighted by atomic mass is 16.3. The van der Waals surface area contributed by atoms with Gasteiger partial charge in [-0.3, -0.25) is 4.79 Å².